The second kappa shape index (κ2) is 5.68. The maximum atomic E-state index is 12.4. The van der Waals surface area contributed by atoms with E-state index in [0.29, 0.717) is 18.3 Å². The van der Waals surface area contributed by atoms with Crippen molar-refractivity contribution in [2.45, 2.75) is 45.2 Å². The second-order valence-corrected chi connectivity index (χ2v) is 6.17. The van der Waals surface area contributed by atoms with E-state index in [2.05, 4.69) is 16.4 Å². The summed E-state index contributed by atoms with van der Waals surface area (Å²) in [6, 6.07) is 6.23. The van der Waals surface area contributed by atoms with Crippen molar-refractivity contribution in [3.63, 3.8) is 0 Å². The number of alkyl halides is 1. The number of carbonyl (C=O) groups is 1. The van der Waals surface area contributed by atoms with E-state index in [-0.39, 0.29) is 11.9 Å². The van der Waals surface area contributed by atoms with Crippen molar-refractivity contribution in [1.29, 1.82) is 0 Å². The number of benzene rings is 1. The van der Waals surface area contributed by atoms with Crippen LogP contribution in [0, 0.1) is 6.92 Å². The molecule has 1 aliphatic carbocycles. The van der Waals surface area contributed by atoms with Gasteiger partial charge < -0.3 is 9.88 Å². The van der Waals surface area contributed by atoms with Gasteiger partial charge in [-0.1, -0.05) is 6.07 Å². The van der Waals surface area contributed by atoms with Crippen LogP contribution < -0.4 is 5.32 Å². The Labute approximate surface area is 129 Å². The van der Waals surface area contributed by atoms with Crippen LogP contribution in [0.4, 0.5) is 0 Å². The van der Waals surface area contributed by atoms with Gasteiger partial charge in [0.05, 0.1) is 11.0 Å². The van der Waals surface area contributed by atoms with Crippen LogP contribution in [0.25, 0.3) is 11.0 Å². The number of imidazole rings is 1. The molecule has 5 heteroatoms. The van der Waals surface area contributed by atoms with Gasteiger partial charge in [-0.15, -0.1) is 11.6 Å². The summed E-state index contributed by atoms with van der Waals surface area (Å²) in [5, 5.41) is 3.07. The molecule has 1 heterocycles. The number of halogens is 1. The number of hydrogen-bond acceptors (Lipinski definition) is 2. The molecule has 4 nitrogen and oxygen atoms in total. The molecule has 0 saturated heterocycles. The zero-order valence-electron chi connectivity index (χ0n) is 12.4. The highest BCUT2D eigenvalue weighted by atomic mass is 35.5. The largest absolute Gasteiger partial charge is 0.352 e. The van der Waals surface area contributed by atoms with E-state index in [1.165, 1.54) is 0 Å². The lowest BCUT2D eigenvalue weighted by molar-refractivity contribution is -0.124. The van der Waals surface area contributed by atoms with E-state index in [1.54, 1.807) is 0 Å². The number of nitrogens with one attached hydrogen (secondary N) is 1. The molecule has 1 fully saturated rings. The van der Waals surface area contributed by atoms with Crippen LogP contribution in [0.15, 0.2) is 18.2 Å². The molecule has 0 spiro atoms. The Kier molecular flexibility index (Phi) is 3.89. The molecule has 1 N–H and O–H groups in total. The normalized spacial score (nSPS) is 16.1. The molecule has 0 bridgehead atoms. The summed E-state index contributed by atoms with van der Waals surface area (Å²) in [5.41, 5.74) is 3.09. The van der Waals surface area contributed by atoms with Gasteiger partial charge in [-0.3, -0.25) is 4.79 Å². The topological polar surface area (TPSA) is 46.9 Å². The van der Waals surface area contributed by atoms with Crippen molar-refractivity contribution >= 4 is 28.5 Å². The number of rotatable bonds is 5. The molecule has 112 valence electrons. The number of aromatic nitrogens is 2. The van der Waals surface area contributed by atoms with Crippen molar-refractivity contribution in [2.24, 2.45) is 0 Å². The second-order valence-electron chi connectivity index (χ2n) is 5.79. The third-order valence-corrected chi connectivity index (χ3v) is 4.12. The minimum Gasteiger partial charge on any atom is -0.352 e. The van der Waals surface area contributed by atoms with E-state index >= 15 is 0 Å². The minimum atomic E-state index is -0.268. The first-order valence-electron chi connectivity index (χ1n) is 7.44. The number of aryl methyl sites for hydroxylation is 2. The molecule has 21 heavy (non-hydrogen) atoms. The Morgan fingerprint density at radius 2 is 2.29 bits per heavy atom. The SMILES string of the molecule is Cc1ccc2nc(CCCl)n(C(C)C(=O)NC3CC3)c2c1. The zero-order chi connectivity index (χ0) is 15.0. The lowest BCUT2D eigenvalue weighted by Crippen LogP contribution is -2.33. The van der Waals surface area contributed by atoms with Gasteiger partial charge in [0.25, 0.3) is 0 Å². The summed E-state index contributed by atoms with van der Waals surface area (Å²) in [6.45, 7) is 3.98. The van der Waals surface area contributed by atoms with E-state index in [0.717, 1.165) is 35.3 Å². The third-order valence-electron chi connectivity index (χ3n) is 3.93. The molecule has 1 saturated carbocycles. The molecule has 1 aromatic heterocycles. The van der Waals surface area contributed by atoms with E-state index < -0.39 is 0 Å². The monoisotopic (exact) mass is 305 g/mol. The van der Waals surface area contributed by atoms with E-state index in [4.69, 9.17) is 11.6 Å². The minimum absolute atomic E-state index is 0.0640. The van der Waals surface area contributed by atoms with Gasteiger partial charge in [-0.05, 0) is 44.4 Å². The highest BCUT2D eigenvalue weighted by molar-refractivity contribution is 6.17. The predicted molar refractivity (Wildman–Crippen MR) is 84.8 cm³/mol. The first-order chi connectivity index (χ1) is 10.1. The molecule has 1 atom stereocenters. The number of nitrogens with zero attached hydrogens (tertiary/aromatic N) is 2. The van der Waals surface area contributed by atoms with Crippen LogP contribution in [0.3, 0.4) is 0 Å². The van der Waals surface area contributed by atoms with Crippen molar-refractivity contribution in [3.05, 3.63) is 29.6 Å². The number of hydrogen-bond donors (Lipinski definition) is 1. The fourth-order valence-electron chi connectivity index (χ4n) is 2.61. The average molecular weight is 306 g/mol. The smallest absolute Gasteiger partial charge is 0.243 e. The van der Waals surface area contributed by atoms with Crippen molar-refractivity contribution in [1.82, 2.24) is 14.9 Å². The van der Waals surface area contributed by atoms with Gasteiger partial charge in [-0.25, -0.2) is 4.98 Å². The highest BCUT2D eigenvalue weighted by Crippen LogP contribution is 2.25. The number of amides is 1. The lowest BCUT2D eigenvalue weighted by Gasteiger charge is -2.17. The Balaban J connectivity index is 2.02. The molecule has 3 rings (SSSR count). The van der Waals surface area contributed by atoms with Gasteiger partial charge >= 0.3 is 0 Å². The van der Waals surface area contributed by atoms with Crippen molar-refractivity contribution in [2.75, 3.05) is 5.88 Å². The number of fused-ring (bicyclic) bond motifs is 1. The molecule has 1 aromatic carbocycles. The molecule has 2 aromatic rings. The molecule has 1 aliphatic rings. The highest BCUT2D eigenvalue weighted by Gasteiger charge is 2.28. The Hall–Kier alpha value is -1.55. The van der Waals surface area contributed by atoms with Gasteiger partial charge in [0.15, 0.2) is 0 Å². The average Bonchev–Trinajstić information content (AvgIpc) is 3.19. The van der Waals surface area contributed by atoms with E-state index in [9.17, 15) is 4.79 Å². The molecule has 0 radical (unpaired) electrons. The molecule has 0 aliphatic heterocycles. The maximum absolute atomic E-state index is 12.4. The standard InChI is InChI=1S/C16H20ClN3O/c1-10-3-6-13-14(9-10)20(15(19-13)7-8-17)11(2)16(21)18-12-4-5-12/h3,6,9,11-12H,4-5,7-8H2,1-2H3,(H,18,21). The number of carbonyl (C=O) groups excluding carboxylic acids is 1. The molecular formula is C16H20ClN3O. The van der Waals surface area contributed by atoms with Crippen LogP contribution in [0.2, 0.25) is 0 Å². The van der Waals surface area contributed by atoms with Crippen LogP contribution in [-0.4, -0.2) is 27.4 Å². The lowest BCUT2D eigenvalue weighted by atomic mass is 10.2. The summed E-state index contributed by atoms with van der Waals surface area (Å²) in [7, 11) is 0. The predicted octanol–water partition coefficient (Wildman–Crippen LogP) is 2.97. The Bertz CT molecular complexity index is 675. The summed E-state index contributed by atoms with van der Waals surface area (Å²) in [4.78, 5) is 17.0. The fraction of sp³-hybridized carbons (Fsp3) is 0.500. The quantitative estimate of drug-likeness (QED) is 0.863. The van der Waals surface area contributed by atoms with Gasteiger partial charge in [0.2, 0.25) is 5.91 Å². The van der Waals surface area contributed by atoms with Gasteiger partial charge in [0.1, 0.15) is 11.9 Å². The third kappa shape index (κ3) is 2.91. The Morgan fingerprint density at radius 1 is 1.52 bits per heavy atom. The molecule has 1 amide bonds. The van der Waals surface area contributed by atoms with Gasteiger partial charge in [0, 0.05) is 18.3 Å². The van der Waals surface area contributed by atoms with Crippen LogP contribution in [-0.2, 0) is 11.2 Å². The zero-order valence-corrected chi connectivity index (χ0v) is 13.2. The Morgan fingerprint density at radius 3 is 2.95 bits per heavy atom. The van der Waals surface area contributed by atoms with Crippen LogP contribution in [0.5, 0.6) is 0 Å². The van der Waals surface area contributed by atoms with E-state index in [1.807, 2.05) is 30.5 Å². The molecule has 1 unspecified atom stereocenters. The van der Waals surface area contributed by atoms with Gasteiger partial charge in [-0.2, -0.15) is 0 Å². The van der Waals surface area contributed by atoms with Crippen LogP contribution in [0.1, 0.15) is 37.2 Å². The first-order valence-corrected chi connectivity index (χ1v) is 7.97. The first kappa shape index (κ1) is 14.4. The molecular weight excluding hydrogens is 286 g/mol. The van der Waals surface area contributed by atoms with Crippen molar-refractivity contribution < 1.29 is 4.79 Å². The summed E-state index contributed by atoms with van der Waals surface area (Å²) in [5.74, 6) is 1.44. The van der Waals surface area contributed by atoms with Crippen LogP contribution >= 0.6 is 11.6 Å². The summed E-state index contributed by atoms with van der Waals surface area (Å²) >= 11 is 5.89. The van der Waals surface area contributed by atoms with Crippen molar-refractivity contribution in [3.8, 4) is 0 Å². The summed E-state index contributed by atoms with van der Waals surface area (Å²) < 4.78 is 2.03. The fourth-order valence-corrected chi connectivity index (χ4v) is 2.78. The maximum Gasteiger partial charge on any atom is 0.243 e. The summed E-state index contributed by atoms with van der Waals surface area (Å²) in [6.07, 6.45) is 2.85.